The van der Waals surface area contributed by atoms with Crippen LogP contribution in [0.25, 0.3) is 0 Å². The molecule has 0 bridgehead atoms. The highest BCUT2D eigenvalue weighted by atomic mass is 19.1. The van der Waals surface area contributed by atoms with E-state index in [1.54, 1.807) is 6.07 Å². The Kier molecular flexibility index (Phi) is 5.15. The average Bonchev–Trinajstić information content (AvgIpc) is 2.35. The molecule has 1 N–H and O–H groups in total. The van der Waals surface area contributed by atoms with Crippen molar-refractivity contribution in [2.45, 2.75) is 33.1 Å². The second-order valence-electron chi connectivity index (χ2n) is 5.84. The predicted molar refractivity (Wildman–Crippen MR) is 78.6 cm³/mol. The Bertz CT molecular complexity index is 439. The Morgan fingerprint density at radius 1 is 1.32 bits per heavy atom. The van der Waals surface area contributed by atoms with Gasteiger partial charge in [-0.2, -0.15) is 0 Å². The van der Waals surface area contributed by atoms with Gasteiger partial charge in [0, 0.05) is 0 Å². The largest absolute Gasteiger partial charge is 0.316 e. The number of halogens is 1. The standard InChI is InChI=1S/C17H24FN/c1-13-9-14(2)11-15(10-13)12-19-8-7-16-5-3-4-6-17(16)18/h3-6,9,13,15,19H,7-8,10-12H2,1-2H3. The zero-order chi connectivity index (χ0) is 13.7. The first-order chi connectivity index (χ1) is 9.15. The zero-order valence-corrected chi connectivity index (χ0v) is 12.0. The van der Waals surface area contributed by atoms with E-state index in [-0.39, 0.29) is 5.82 Å². The molecule has 0 amide bonds. The minimum Gasteiger partial charge on any atom is -0.316 e. The van der Waals surface area contributed by atoms with E-state index in [1.807, 2.05) is 12.1 Å². The Morgan fingerprint density at radius 2 is 2.11 bits per heavy atom. The molecule has 1 nitrogen and oxygen atoms in total. The lowest BCUT2D eigenvalue weighted by molar-refractivity contribution is 0.382. The fraction of sp³-hybridized carbons (Fsp3) is 0.529. The summed E-state index contributed by atoms with van der Waals surface area (Å²) in [7, 11) is 0. The highest BCUT2D eigenvalue weighted by molar-refractivity contribution is 5.17. The fourth-order valence-corrected chi connectivity index (χ4v) is 3.07. The van der Waals surface area contributed by atoms with E-state index < -0.39 is 0 Å². The molecule has 2 atom stereocenters. The molecule has 19 heavy (non-hydrogen) atoms. The number of nitrogens with one attached hydrogen (secondary N) is 1. The molecule has 1 aromatic rings. The summed E-state index contributed by atoms with van der Waals surface area (Å²) in [5, 5.41) is 3.48. The Balaban J connectivity index is 1.70. The van der Waals surface area contributed by atoms with Crippen LogP contribution in [0, 0.1) is 17.7 Å². The van der Waals surface area contributed by atoms with Crippen molar-refractivity contribution in [2.75, 3.05) is 13.1 Å². The molecule has 1 aromatic carbocycles. The van der Waals surface area contributed by atoms with Gasteiger partial charge < -0.3 is 5.32 Å². The third-order valence-electron chi connectivity index (χ3n) is 3.85. The van der Waals surface area contributed by atoms with E-state index in [4.69, 9.17) is 0 Å². The van der Waals surface area contributed by atoms with Gasteiger partial charge in [0.2, 0.25) is 0 Å². The molecule has 1 aliphatic carbocycles. The van der Waals surface area contributed by atoms with Crippen LogP contribution in [0.2, 0.25) is 0 Å². The van der Waals surface area contributed by atoms with Crippen LogP contribution in [0.5, 0.6) is 0 Å². The van der Waals surface area contributed by atoms with Crippen molar-refractivity contribution in [1.29, 1.82) is 0 Å². The van der Waals surface area contributed by atoms with Gasteiger partial charge in [-0.15, -0.1) is 0 Å². The van der Waals surface area contributed by atoms with Gasteiger partial charge in [-0.05, 0) is 62.7 Å². The van der Waals surface area contributed by atoms with E-state index >= 15 is 0 Å². The average molecular weight is 261 g/mol. The summed E-state index contributed by atoms with van der Waals surface area (Å²) in [6.07, 6.45) is 5.63. The van der Waals surface area contributed by atoms with E-state index in [9.17, 15) is 4.39 Å². The number of rotatable bonds is 5. The molecule has 2 unspecified atom stereocenters. The number of benzene rings is 1. The number of allylic oxidation sites excluding steroid dienone is 2. The van der Waals surface area contributed by atoms with Crippen LogP contribution in [-0.2, 0) is 6.42 Å². The van der Waals surface area contributed by atoms with Crippen LogP contribution in [0.4, 0.5) is 4.39 Å². The molecule has 0 heterocycles. The van der Waals surface area contributed by atoms with Gasteiger partial charge in [0.05, 0.1) is 0 Å². The maximum absolute atomic E-state index is 13.4. The molecule has 0 aliphatic heterocycles. The van der Waals surface area contributed by atoms with Crippen LogP contribution in [0.3, 0.4) is 0 Å². The topological polar surface area (TPSA) is 12.0 Å². The first-order valence-corrected chi connectivity index (χ1v) is 7.26. The van der Waals surface area contributed by atoms with Crippen molar-refractivity contribution in [3.8, 4) is 0 Å². The summed E-state index contributed by atoms with van der Waals surface area (Å²) >= 11 is 0. The monoisotopic (exact) mass is 261 g/mol. The highest BCUT2D eigenvalue weighted by Gasteiger charge is 2.17. The molecule has 1 aliphatic rings. The van der Waals surface area contributed by atoms with E-state index in [0.29, 0.717) is 5.92 Å². The van der Waals surface area contributed by atoms with Gasteiger partial charge in [-0.25, -0.2) is 4.39 Å². The summed E-state index contributed by atoms with van der Waals surface area (Å²) in [5.74, 6) is 1.35. The second kappa shape index (κ2) is 6.85. The number of hydrogen-bond acceptors (Lipinski definition) is 1. The van der Waals surface area contributed by atoms with Crippen molar-refractivity contribution in [1.82, 2.24) is 5.32 Å². The van der Waals surface area contributed by atoms with Gasteiger partial charge in [0.15, 0.2) is 0 Å². The minimum atomic E-state index is -0.0885. The molecular formula is C17H24FN. The fourth-order valence-electron chi connectivity index (χ4n) is 3.07. The molecular weight excluding hydrogens is 237 g/mol. The third-order valence-corrected chi connectivity index (χ3v) is 3.85. The van der Waals surface area contributed by atoms with Crippen LogP contribution in [0.15, 0.2) is 35.9 Å². The van der Waals surface area contributed by atoms with Crippen molar-refractivity contribution >= 4 is 0 Å². The van der Waals surface area contributed by atoms with Gasteiger partial charge in [-0.3, -0.25) is 0 Å². The predicted octanol–water partition coefficient (Wildman–Crippen LogP) is 3.95. The lowest BCUT2D eigenvalue weighted by atomic mass is 9.84. The molecule has 0 aromatic heterocycles. The van der Waals surface area contributed by atoms with E-state index in [1.165, 1.54) is 24.5 Å². The van der Waals surface area contributed by atoms with Crippen molar-refractivity contribution in [2.24, 2.45) is 11.8 Å². The molecule has 2 heteroatoms. The summed E-state index contributed by atoms with van der Waals surface area (Å²) in [6, 6.07) is 7.04. The minimum absolute atomic E-state index is 0.0885. The molecule has 0 fully saturated rings. The Labute approximate surface area is 115 Å². The zero-order valence-electron chi connectivity index (χ0n) is 12.0. The molecule has 0 saturated carbocycles. The van der Waals surface area contributed by atoms with Crippen LogP contribution < -0.4 is 5.32 Å². The maximum Gasteiger partial charge on any atom is 0.126 e. The van der Waals surface area contributed by atoms with Crippen molar-refractivity contribution in [3.63, 3.8) is 0 Å². The molecule has 0 radical (unpaired) electrons. The van der Waals surface area contributed by atoms with Crippen LogP contribution >= 0.6 is 0 Å². The summed E-state index contributed by atoms with van der Waals surface area (Å²) < 4.78 is 13.4. The normalized spacial score (nSPS) is 23.2. The molecule has 0 saturated heterocycles. The smallest absolute Gasteiger partial charge is 0.126 e. The van der Waals surface area contributed by atoms with Gasteiger partial charge in [0.25, 0.3) is 0 Å². The van der Waals surface area contributed by atoms with Crippen LogP contribution in [-0.4, -0.2) is 13.1 Å². The van der Waals surface area contributed by atoms with Gasteiger partial charge in [-0.1, -0.05) is 36.8 Å². The second-order valence-corrected chi connectivity index (χ2v) is 5.84. The number of hydrogen-bond donors (Lipinski definition) is 1. The quantitative estimate of drug-likeness (QED) is 0.625. The molecule has 2 rings (SSSR count). The SMILES string of the molecule is CC1=CC(C)CC(CNCCc2ccccc2F)C1. The first kappa shape index (κ1) is 14.3. The third kappa shape index (κ3) is 4.46. The van der Waals surface area contributed by atoms with Crippen molar-refractivity contribution < 1.29 is 4.39 Å². The van der Waals surface area contributed by atoms with Gasteiger partial charge in [0.1, 0.15) is 5.82 Å². The van der Waals surface area contributed by atoms with E-state index in [0.717, 1.165) is 31.0 Å². The highest BCUT2D eigenvalue weighted by Crippen LogP contribution is 2.27. The first-order valence-electron chi connectivity index (χ1n) is 7.26. The summed E-state index contributed by atoms with van der Waals surface area (Å²) in [5.41, 5.74) is 2.32. The molecule has 0 spiro atoms. The van der Waals surface area contributed by atoms with E-state index in [2.05, 4.69) is 25.2 Å². The lowest BCUT2D eigenvalue weighted by Crippen LogP contribution is -2.27. The molecule has 104 valence electrons. The Morgan fingerprint density at radius 3 is 2.84 bits per heavy atom. The van der Waals surface area contributed by atoms with Gasteiger partial charge >= 0.3 is 0 Å². The summed E-state index contributed by atoms with van der Waals surface area (Å²) in [6.45, 7) is 6.41. The summed E-state index contributed by atoms with van der Waals surface area (Å²) in [4.78, 5) is 0. The maximum atomic E-state index is 13.4. The van der Waals surface area contributed by atoms with Crippen LogP contribution in [0.1, 0.15) is 32.3 Å². The lowest BCUT2D eigenvalue weighted by Gasteiger charge is -2.25. The van der Waals surface area contributed by atoms with Crippen molar-refractivity contribution in [3.05, 3.63) is 47.3 Å². The Hall–Kier alpha value is -1.15.